The highest BCUT2D eigenvalue weighted by atomic mass is 35.5. The highest BCUT2D eigenvalue weighted by molar-refractivity contribution is 7.85. The number of benzene rings is 2. The third-order valence-electron chi connectivity index (χ3n) is 3.37. The van der Waals surface area contributed by atoms with Gasteiger partial charge in [-0.1, -0.05) is 46.6 Å². The number of para-hydroxylation sites is 1. The molecule has 2 aromatic carbocycles. The number of hydrogen-bond acceptors (Lipinski definition) is 4. The predicted molar refractivity (Wildman–Crippen MR) is 86.4 cm³/mol. The van der Waals surface area contributed by atoms with Crippen LogP contribution in [0.5, 0.6) is 0 Å². The Morgan fingerprint density at radius 3 is 2.55 bits per heavy atom. The van der Waals surface area contributed by atoms with Crippen molar-refractivity contribution in [1.82, 2.24) is 5.16 Å². The van der Waals surface area contributed by atoms with Gasteiger partial charge in [0.15, 0.2) is 0 Å². The smallest absolute Gasteiger partial charge is 0.246 e. The van der Waals surface area contributed by atoms with Crippen molar-refractivity contribution in [1.29, 1.82) is 0 Å². The van der Waals surface area contributed by atoms with Crippen molar-refractivity contribution in [2.24, 2.45) is 0 Å². The summed E-state index contributed by atoms with van der Waals surface area (Å²) in [4.78, 5) is 1.12. The van der Waals surface area contributed by atoms with Gasteiger partial charge in [0.2, 0.25) is 5.88 Å². The van der Waals surface area contributed by atoms with Gasteiger partial charge in [0.05, 0.1) is 31.4 Å². The zero-order chi connectivity index (χ0) is 15.3. The van der Waals surface area contributed by atoms with Gasteiger partial charge in [-0.15, -0.1) is 0 Å². The number of halogens is 2. The number of fused-ring (bicyclic) bond motifs is 2. The van der Waals surface area contributed by atoms with E-state index in [0.29, 0.717) is 37.0 Å². The molecule has 1 N–H and O–H groups in total. The van der Waals surface area contributed by atoms with Crippen LogP contribution in [0.4, 0.5) is 11.6 Å². The summed E-state index contributed by atoms with van der Waals surface area (Å²) in [7, 11) is -1.42. The van der Waals surface area contributed by atoms with Crippen molar-refractivity contribution in [3.8, 4) is 11.3 Å². The predicted octanol–water partition coefficient (Wildman–Crippen LogP) is 4.87. The van der Waals surface area contributed by atoms with Gasteiger partial charge in [-0.05, 0) is 24.3 Å². The fourth-order valence-corrected chi connectivity index (χ4v) is 4.27. The molecule has 4 rings (SSSR count). The van der Waals surface area contributed by atoms with Crippen LogP contribution in [0.2, 0.25) is 10.0 Å². The largest absolute Gasteiger partial charge is 0.337 e. The normalized spacial score (nSPS) is 15.8. The van der Waals surface area contributed by atoms with E-state index >= 15 is 0 Å². The first-order valence-corrected chi connectivity index (χ1v) is 8.29. The number of anilines is 2. The molecule has 0 spiro atoms. The van der Waals surface area contributed by atoms with E-state index in [1.807, 2.05) is 18.2 Å². The molecule has 0 saturated carbocycles. The molecule has 1 aliphatic rings. The topological polar surface area (TPSA) is 55.1 Å². The molecule has 1 atom stereocenters. The van der Waals surface area contributed by atoms with Gasteiger partial charge in [-0.3, -0.25) is 0 Å². The summed E-state index contributed by atoms with van der Waals surface area (Å²) in [5, 5.41) is 7.98. The van der Waals surface area contributed by atoms with Crippen molar-refractivity contribution in [2.75, 3.05) is 5.32 Å². The van der Waals surface area contributed by atoms with Gasteiger partial charge in [-0.25, -0.2) is 4.21 Å². The van der Waals surface area contributed by atoms with Crippen molar-refractivity contribution in [3.63, 3.8) is 0 Å². The zero-order valence-corrected chi connectivity index (χ0v) is 13.3. The van der Waals surface area contributed by atoms with Crippen LogP contribution >= 0.6 is 23.2 Å². The third-order valence-corrected chi connectivity index (χ3v) is 5.50. The Morgan fingerprint density at radius 2 is 1.77 bits per heavy atom. The van der Waals surface area contributed by atoms with Gasteiger partial charge >= 0.3 is 0 Å². The lowest BCUT2D eigenvalue weighted by atomic mass is 10.1. The lowest BCUT2D eigenvalue weighted by Gasteiger charge is -2.16. The van der Waals surface area contributed by atoms with Crippen LogP contribution in [-0.4, -0.2) is 9.37 Å². The van der Waals surface area contributed by atoms with Crippen molar-refractivity contribution >= 4 is 45.6 Å². The summed E-state index contributed by atoms with van der Waals surface area (Å²) in [6, 6.07) is 12.5. The number of nitrogens with zero attached hydrogens (tertiary/aromatic N) is 1. The lowest BCUT2D eigenvalue weighted by molar-refractivity contribution is 0.436. The second kappa shape index (κ2) is 5.12. The van der Waals surface area contributed by atoms with E-state index in [9.17, 15) is 4.21 Å². The van der Waals surface area contributed by atoms with E-state index in [4.69, 9.17) is 27.7 Å². The fraction of sp³-hybridized carbons (Fsp3) is 0. The zero-order valence-electron chi connectivity index (χ0n) is 11.0. The van der Waals surface area contributed by atoms with Crippen LogP contribution in [0.1, 0.15) is 0 Å². The minimum atomic E-state index is -1.42. The maximum Gasteiger partial charge on any atom is 0.246 e. The van der Waals surface area contributed by atoms with E-state index in [0.717, 1.165) is 5.69 Å². The average molecular weight is 351 g/mol. The monoisotopic (exact) mass is 350 g/mol. The molecule has 1 unspecified atom stereocenters. The minimum absolute atomic E-state index is 0.350. The summed E-state index contributed by atoms with van der Waals surface area (Å²) in [5.41, 5.74) is 1.65. The summed E-state index contributed by atoms with van der Waals surface area (Å²) in [6.07, 6.45) is 0. The molecular weight excluding hydrogens is 343 g/mol. The van der Waals surface area contributed by atoms with Gasteiger partial charge in [0, 0.05) is 5.56 Å². The number of rotatable bonds is 1. The van der Waals surface area contributed by atoms with Crippen LogP contribution in [0.15, 0.2) is 56.8 Å². The molecule has 110 valence electrons. The summed E-state index contributed by atoms with van der Waals surface area (Å²) < 4.78 is 18.2. The molecule has 0 radical (unpaired) electrons. The molecule has 22 heavy (non-hydrogen) atoms. The van der Waals surface area contributed by atoms with Crippen LogP contribution in [0.3, 0.4) is 0 Å². The lowest BCUT2D eigenvalue weighted by Crippen LogP contribution is -2.07. The fourth-order valence-electron chi connectivity index (χ4n) is 2.38. The van der Waals surface area contributed by atoms with Crippen LogP contribution in [0, 0.1) is 0 Å². The van der Waals surface area contributed by atoms with Crippen LogP contribution in [-0.2, 0) is 10.8 Å². The van der Waals surface area contributed by atoms with Crippen LogP contribution < -0.4 is 5.32 Å². The van der Waals surface area contributed by atoms with Crippen molar-refractivity contribution in [2.45, 2.75) is 9.79 Å². The van der Waals surface area contributed by atoms with E-state index in [-0.39, 0.29) is 0 Å². The van der Waals surface area contributed by atoms with E-state index < -0.39 is 10.8 Å². The quantitative estimate of drug-likeness (QED) is 0.531. The first-order chi connectivity index (χ1) is 10.7. The minimum Gasteiger partial charge on any atom is -0.337 e. The van der Waals surface area contributed by atoms with Gasteiger partial charge in [-0.2, -0.15) is 0 Å². The maximum atomic E-state index is 12.9. The standard InChI is InChI=1S/C15H8Cl2N2O2S/c16-8-4-3-5-9(17)12(8)13-14-15(21-19-13)18-10-6-1-2-7-11(10)22(14)20/h1-7,18H. The first kappa shape index (κ1) is 13.8. The Labute approximate surface area is 138 Å². The van der Waals surface area contributed by atoms with Gasteiger partial charge in [0.25, 0.3) is 0 Å². The highest BCUT2D eigenvalue weighted by Gasteiger charge is 2.31. The molecular formula is C15H8Cl2N2O2S. The second-order valence-corrected chi connectivity index (χ2v) is 6.88. The molecule has 2 heterocycles. The SMILES string of the molecule is O=S1c2ccccc2Nc2onc(-c3c(Cl)cccc3Cl)c21. The Bertz CT molecular complexity index is 903. The van der Waals surface area contributed by atoms with Gasteiger partial charge in [0.1, 0.15) is 10.6 Å². The molecule has 1 aliphatic heterocycles. The van der Waals surface area contributed by atoms with E-state index in [1.54, 1.807) is 24.3 Å². The second-order valence-electron chi connectivity index (χ2n) is 4.68. The van der Waals surface area contributed by atoms with E-state index in [1.165, 1.54) is 0 Å². The molecule has 0 aliphatic carbocycles. The molecule has 1 aromatic heterocycles. The van der Waals surface area contributed by atoms with Crippen molar-refractivity contribution < 1.29 is 8.73 Å². The highest BCUT2D eigenvalue weighted by Crippen LogP contribution is 2.45. The molecule has 0 bridgehead atoms. The number of nitrogens with one attached hydrogen (secondary N) is 1. The van der Waals surface area contributed by atoms with Crippen LogP contribution in [0.25, 0.3) is 11.3 Å². The molecule has 0 saturated heterocycles. The molecule has 3 aromatic rings. The third kappa shape index (κ3) is 1.97. The number of hydrogen-bond donors (Lipinski definition) is 1. The van der Waals surface area contributed by atoms with Crippen molar-refractivity contribution in [3.05, 3.63) is 52.5 Å². The Kier molecular flexibility index (Phi) is 3.22. The Hall–Kier alpha value is -1.82. The van der Waals surface area contributed by atoms with Gasteiger partial charge < -0.3 is 9.84 Å². The molecule has 0 amide bonds. The molecule has 0 fully saturated rings. The maximum absolute atomic E-state index is 12.9. The summed E-state index contributed by atoms with van der Waals surface area (Å²) >= 11 is 12.5. The Morgan fingerprint density at radius 1 is 1.05 bits per heavy atom. The molecule has 7 heteroatoms. The average Bonchev–Trinajstić information content (AvgIpc) is 2.91. The Balaban J connectivity index is 1.95. The number of aromatic nitrogens is 1. The van der Waals surface area contributed by atoms with E-state index in [2.05, 4.69) is 10.5 Å². The molecule has 4 nitrogen and oxygen atoms in total. The first-order valence-electron chi connectivity index (χ1n) is 6.38. The summed E-state index contributed by atoms with van der Waals surface area (Å²) in [6.45, 7) is 0. The summed E-state index contributed by atoms with van der Waals surface area (Å²) in [5.74, 6) is 0.350.